The summed E-state index contributed by atoms with van der Waals surface area (Å²) >= 11 is 0. The summed E-state index contributed by atoms with van der Waals surface area (Å²) in [6, 6.07) is 13.6. The van der Waals surface area contributed by atoms with E-state index in [1.54, 1.807) is 49.4 Å². The van der Waals surface area contributed by atoms with E-state index in [0.29, 0.717) is 12.3 Å². The monoisotopic (exact) mass is 373 g/mol. The third-order valence-electron chi connectivity index (χ3n) is 3.63. The van der Waals surface area contributed by atoms with Crippen molar-refractivity contribution in [2.75, 3.05) is 11.3 Å². The van der Waals surface area contributed by atoms with Crippen LogP contribution in [-0.2, 0) is 26.0 Å². The zero-order valence-electron chi connectivity index (χ0n) is 14.9. The van der Waals surface area contributed by atoms with E-state index in [2.05, 4.69) is 11.6 Å². The zero-order valence-corrected chi connectivity index (χ0v) is 15.8. The summed E-state index contributed by atoms with van der Waals surface area (Å²) in [5.74, 6) is -0.413. The molecule has 0 aliphatic carbocycles. The lowest BCUT2D eigenvalue weighted by molar-refractivity contribution is -0.137. The minimum atomic E-state index is -3.63. The van der Waals surface area contributed by atoms with Crippen LogP contribution in [0.15, 0.2) is 59.5 Å². The van der Waals surface area contributed by atoms with Crippen molar-refractivity contribution < 1.29 is 17.9 Å². The van der Waals surface area contributed by atoms with Crippen molar-refractivity contribution in [2.24, 2.45) is 0 Å². The number of nitrogens with one attached hydrogen (secondary N) is 1. The Morgan fingerprint density at radius 2 is 1.69 bits per heavy atom. The lowest BCUT2D eigenvalue weighted by Crippen LogP contribution is -2.12. The summed E-state index contributed by atoms with van der Waals surface area (Å²) < 4.78 is 32.3. The van der Waals surface area contributed by atoms with Gasteiger partial charge in [0.2, 0.25) is 0 Å². The molecule has 138 valence electrons. The minimum absolute atomic E-state index is 0.226. The standard InChI is InChI=1S/C20H23NO4S/c1-3-5-16-8-13-19(14-9-16)26(23,24)21-18-11-6-17(7-12-18)10-15-20(22)25-4-2/h6-15,21H,3-5H2,1-2H3. The van der Waals surface area contributed by atoms with Crippen LogP contribution in [-0.4, -0.2) is 21.0 Å². The van der Waals surface area contributed by atoms with Crippen LogP contribution in [0.2, 0.25) is 0 Å². The van der Waals surface area contributed by atoms with Crippen molar-refractivity contribution in [1.29, 1.82) is 0 Å². The molecule has 1 N–H and O–H groups in total. The van der Waals surface area contributed by atoms with Gasteiger partial charge in [-0.15, -0.1) is 0 Å². The molecule has 0 radical (unpaired) electrons. The van der Waals surface area contributed by atoms with E-state index in [0.717, 1.165) is 24.0 Å². The lowest BCUT2D eigenvalue weighted by Gasteiger charge is -2.09. The molecular formula is C20H23NO4S. The molecule has 2 aromatic rings. The number of hydrogen-bond acceptors (Lipinski definition) is 4. The van der Waals surface area contributed by atoms with E-state index < -0.39 is 16.0 Å². The van der Waals surface area contributed by atoms with Gasteiger partial charge in [-0.2, -0.15) is 0 Å². The molecule has 0 atom stereocenters. The van der Waals surface area contributed by atoms with Gasteiger partial charge in [-0.1, -0.05) is 37.6 Å². The Balaban J connectivity index is 2.06. The van der Waals surface area contributed by atoms with Crippen LogP contribution in [0.5, 0.6) is 0 Å². The molecule has 0 aliphatic heterocycles. The third kappa shape index (κ3) is 5.74. The maximum absolute atomic E-state index is 12.5. The molecule has 6 heteroatoms. The highest BCUT2D eigenvalue weighted by Crippen LogP contribution is 2.18. The van der Waals surface area contributed by atoms with E-state index >= 15 is 0 Å². The van der Waals surface area contributed by atoms with Gasteiger partial charge in [0.15, 0.2) is 0 Å². The normalized spacial score (nSPS) is 11.5. The predicted molar refractivity (Wildman–Crippen MR) is 103 cm³/mol. The van der Waals surface area contributed by atoms with Gasteiger partial charge in [-0.05, 0) is 54.8 Å². The smallest absolute Gasteiger partial charge is 0.330 e. The summed E-state index contributed by atoms with van der Waals surface area (Å²) in [6.07, 6.45) is 4.89. The van der Waals surface area contributed by atoms with E-state index in [9.17, 15) is 13.2 Å². The first-order valence-electron chi connectivity index (χ1n) is 8.51. The number of esters is 1. The number of sulfonamides is 1. The molecule has 5 nitrogen and oxygen atoms in total. The molecular weight excluding hydrogens is 350 g/mol. The average molecular weight is 373 g/mol. The van der Waals surface area contributed by atoms with Gasteiger partial charge < -0.3 is 4.74 Å². The van der Waals surface area contributed by atoms with Gasteiger partial charge in [0.1, 0.15) is 0 Å². The summed E-state index contributed by atoms with van der Waals surface area (Å²) in [4.78, 5) is 11.5. The number of anilines is 1. The number of ether oxygens (including phenoxy) is 1. The molecule has 0 aliphatic rings. The fourth-order valence-electron chi connectivity index (χ4n) is 2.35. The van der Waals surface area contributed by atoms with Crippen LogP contribution >= 0.6 is 0 Å². The van der Waals surface area contributed by atoms with Crippen LogP contribution < -0.4 is 4.72 Å². The highest BCUT2D eigenvalue weighted by atomic mass is 32.2. The van der Waals surface area contributed by atoms with Gasteiger partial charge in [-0.25, -0.2) is 13.2 Å². The number of carbonyl (C=O) groups excluding carboxylic acids is 1. The first kappa shape index (κ1) is 19.7. The largest absolute Gasteiger partial charge is 0.463 e. The molecule has 0 amide bonds. The van der Waals surface area contributed by atoms with Crippen molar-refractivity contribution >= 4 is 27.8 Å². The van der Waals surface area contributed by atoms with Crippen LogP contribution in [0.4, 0.5) is 5.69 Å². The number of hydrogen-bond donors (Lipinski definition) is 1. The van der Waals surface area contributed by atoms with Crippen molar-refractivity contribution in [2.45, 2.75) is 31.6 Å². The molecule has 2 aromatic carbocycles. The molecule has 0 saturated heterocycles. The average Bonchev–Trinajstić information content (AvgIpc) is 2.62. The van der Waals surface area contributed by atoms with Crippen LogP contribution in [0.1, 0.15) is 31.4 Å². The van der Waals surface area contributed by atoms with Crippen molar-refractivity contribution in [3.8, 4) is 0 Å². The molecule has 0 heterocycles. The van der Waals surface area contributed by atoms with E-state index in [-0.39, 0.29) is 4.90 Å². The van der Waals surface area contributed by atoms with Crippen LogP contribution in [0.25, 0.3) is 6.08 Å². The Morgan fingerprint density at radius 3 is 2.27 bits per heavy atom. The second kappa shape index (κ2) is 9.20. The minimum Gasteiger partial charge on any atom is -0.463 e. The van der Waals surface area contributed by atoms with E-state index in [1.807, 2.05) is 12.1 Å². The molecule has 0 bridgehead atoms. The second-order valence-corrected chi connectivity index (χ2v) is 7.39. The second-order valence-electron chi connectivity index (χ2n) is 5.71. The highest BCUT2D eigenvalue weighted by molar-refractivity contribution is 7.92. The van der Waals surface area contributed by atoms with Crippen molar-refractivity contribution in [1.82, 2.24) is 0 Å². The SMILES string of the molecule is CCCc1ccc(S(=O)(=O)Nc2ccc(C=CC(=O)OCC)cc2)cc1. The fourth-order valence-corrected chi connectivity index (χ4v) is 3.41. The molecule has 2 rings (SSSR count). The van der Waals surface area contributed by atoms with Crippen molar-refractivity contribution in [3.05, 3.63) is 65.7 Å². The molecule has 0 unspecified atom stereocenters. The zero-order chi connectivity index (χ0) is 19.0. The molecule has 0 saturated carbocycles. The van der Waals surface area contributed by atoms with Gasteiger partial charge in [0.25, 0.3) is 10.0 Å². The first-order valence-corrected chi connectivity index (χ1v) is 9.99. The first-order chi connectivity index (χ1) is 12.4. The molecule has 0 spiro atoms. The molecule has 0 aromatic heterocycles. The van der Waals surface area contributed by atoms with E-state index in [4.69, 9.17) is 4.74 Å². The Labute approximate surface area is 154 Å². The Kier molecular flexibility index (Phi) is 6.97. The van der Waals surface area contributed by atoms with E-state index in [1.165, 1.54) is 6.08 Å². The molecule has 0 fully saturated rings. The van der Waals surface area contributed by atoms with Crippen molar-refractivity contribution in [3.63, 3.8) is 0 Å². The maximum atomic E-state index is 12.5. The van der Waals surface area contributed by atoms with Crippen LogP contribution in [0.3, 0.4) is 0 Å². The number of carbonyl (C=O) groups is 1. The highest BCUT2D eigenvalue weighted by Gasteiger charge is 2.13. The van der Waals surface area contributed by atoms with Gasteiger partial charge in [0.05, 0.1) is 11.5 Å². The summed E-state index contributed by atoms with van der Waals surface area (Å²) in [5.41, 5.74) is 2.34. The van der Waals surface area contributed by atoms with Gasteiger partial charge >= 0.3 is 5.97 Å². The third-order valence-corrected chi connectivity index (χ3v) is 5.03. The summed E-state index contributed by atoms with van der Waals surface area (Å²) in [7, 11) is -3.63. The number of aryl methyl sites for hydroxylation is 1. The Morgan fingerprint density at radius 1 is 1.04 bits per heavy atom. The predicted octanol–water partition coefficient (Wildman–Crippen LogP) is 4.02. The van der Waals surface area contributed by atoms with Crippen LogP contribution in [0, 0.1) is 0 Å². The lowest BCUT2D eigenvalue weighted by atomic mass is 10.1. The summed E-state index contributed by atoms with van der Waals surface area (Å²) in [5, 5.41) is 0. The quantitative estimate of drug-likeness (QED) is 0.560. The number of rotatable bonds is 8. The Bertz CT molecular complexity index is 854. The van der Waals surface area contributed by atoms with Gasteiger partial charge in [0, 0.05) is 11.8 Å². The molecule has 26 heavy (non-hydrogen) atoms. The maximum Gasteiger partial charge on any atom is 0.330 e. The van der Waals surface area contributed by atoms with Gasteiger partial charge in [-0.3, -0.25) is 4.72 Å². The number of benzene rings is 2. The fraction of sp³-hybridized carbons (Fsp3) is 0.250. The topological polar surface area (TPSA) is 72.5 Å². The Hall–Kier alpha value is -2.60. The summed E-state index contributed by atoms with van der Waals surface area (Å²) in [6.45, 7) is 4.14.